The topological polar surface area (TPSA) is 49.4 Å². The van der Waals surface area contributed by atoms with Crippen LogP contribution in [0.2, 0.25) is 0 Å². The van der Waals surface area contributed by atoms with Crippen molar-refractivity contribution >= 4 is 10.0 Å². The summed E-state index contributed by atoms with van der Waals surface area (Å²) in [5, 5.41) is 3.30. The highest BCUT2D eigenvalue weighted by Crippen LogP contribution is 2.32. The molecule has 0 aliphatic carbocycles. The van der Waals surface area contributed by atoms with E-state index < -0.39 is 10.0 Å². The minimum Gasteiger partial charge on any atom is -0.312 e. The highest BCUT2D eigenvalue weighted by Gasteiger charge is 2.37. The van der Waals surface area contributed by atoms with Crippen LogP contribution in [0.15, 0.2) is 23.1 Å². The molecule has 2 aliphatic rings. The summed E-state index contributed by atoms with van der Waals surface area (Å²) in [6.45, 7) is 6.40. The third-order valence-corrected chi connectivity index (χ3v) is 6.48. The number of sulfonamides is 1. The fourth-order valence-corrected chi connectivity index (χ4v) is 5.52. The van der Waals surface area contributed by atoms with Crippen molar-refractivity contribution < 1.29 is 8.42 Å². The maximum atomic E-state index is 13.0. The van der Waals surface area contributed by atoms with Crippen LogP contribution in [0.1, 0.15) is 31.4 Å². The highest BCUT2D eigenvalue weighted by atomic mass is 32.2. The van der Waals surface area contributed by atoms with Crippen molar-refractivity contribution in [1.82, 2.24) is 9.62 Å². The van der Waals surface area contributed by atoms with Crippen LogP contribution in [-0.4, -0.2) is 31.9 Å². The molecule has 0 radical (unpaired) electrons. The van der Waals surface area contributed by atoms with E-state index in [1.54, 1.807) is 10.4 Å². The smallest absolute Gasteiger partial charge is 0.243 e. The number of hydrogen-bond donors (Lipinski definition) is 1. The molecule has 2 atom stereocenters. The number of benzene rings is 1. The molecule has 0 spiro atoms. The fraction of sp³-hybridized carbons (Fsp3) is 0.600. The lowest BCUT2D eigenvalue weighted by Crippen LogP contribution is -2.35. The van der Waals surface area contributed by atoms with Gasteiger partial charge in [-0.1, -0.05) is 19.1 Å². The molecule has 0 saturated carbocycles. The van der Waals surface area contributed by atoms with Crippen molar-refractivity contribution in [3.63, 3.8) is 0 Å². The molecule has 1 N–H and O–H groups in total. The van der Waals surface area contributed by atoms with Crippen LogP contribution in [0, 0.1) is 5.92 Å². The monoisotopic (exact) mass is 294 g/mol. The maximum Gasteiger partial charge on any atom is 0.243 e. The fourth-order valence-electron chi connectivity index (χ4n) is 3.46. The zero-order valence-electron chi connectivity index (χ0n) is 12.1. The van der Waals surface area contributed by atoms with Gasteiger partial charge in [0.05, 0.1) is 4.90 Å². The Balaban J connectivity index is 2.04. The highest BCUT2D eigenvalue weighted by molar-refractivity contribution is 7.89. The van der Waals surface area contributed by atoms with E-state index in [2.05, 4.69) is 12.2 Å². The van der Waals surface area contributed by atoms with Crippen molar-refractivity contribution in [3.05, 3.63) is 29.3 Å². The van der Waals surface area contributed by atoms with Crippen LogP contribution in [-0.2, 0) is 23.0 Å². The van der Waals surface area contributed by atoms with E-state index in [9.17, 15) is 8.42 Å². The number of nitrogens with zero attached hydrogens (tertiary/aromatic N) is 1. The largest absolute Gasteiger partial charge is 0.312 e. The van der Waals surface area contributed by atoms with E-state index in [4.69, 9.17) is 0 Å². The van der Waals surface area contributed by atoms with E-state index in [-0.39, 0.29) is 6.04 Å². The van der Waals surface area contributed by atoms with E-state index in [1.807, 2.05) is 19.1 Å². The van der Waals surface area contributed by atoms with Gasteiger partial charge >= 0.3 is 0 Å². The second kappa shape index (κ2) is 5.13. The van der Waals surface area contributed by atoms with Crippen molar-refractivity contribution in [2.45, 2.75) is 44.2 Å². The van der Waals surface area contributed by atoms with Gasteiger partial charge in [0.1, 0.15) is 0 Å². The average molecular weight is 294 g/mol. The summed E-state index contributed by atoms with van der Waals surface area (Å²) in [4.78, 5) is 0.525. The Morgan fingerprint density at radius 1 is 1.30 bits per heavy atom. The Hall–Kier alpha value is -0.910. The number of fused-ring (bicyclic) bond motifs is 1. The Bertz CT molecular complexity index is 612. The van der Waals surface area contributed by atoms with E-state index in [0.29, 0.717) is 17.4 Å². The van der Waals surface area contributed by atoms with Crippen LogP contribution in [0.4, 0.5) is 0 Å². The maximum absolute atomic E-state index is 13.0. The van der Waals surface area contributed by atoms with Gasteiger partial charge in [0.15, 0.2) is 0 Å². The summed E-state index contributed by atoms with van der Waals surface area (Å²) >= 11 is 0. The van der Waals surface area contributed by atoms with Crippen molar-refractivity contribution in [1.29, 1.82) is 0 Å². The van der Waals surface area contributed by atoms with Gasteiger partial charge < -0.3 is 5.32 Å². The minimum atomic E-state index is -3.36. The first-order valence-corrected chi connectivity index (χ1v) is 8.77. The standard InChI is InChI=1S/C15H22N2O2S/c1-11-8-12(2)17(10-11)20(18,19)15-5-3-4-13-9-16-7-6-14(13)15/h3-5,11-12,16H,6-10H2,1-2H3. The predicted molar refractivity (Wildman–Crippen MR) is 79.0 cm³/mol. The quantitative estimate of drug-likeness (QED) is 0.904. The summed E-state index contributed by atoms with van der Waals surface area (Å²) in [6, 6.07) is 5.77. The Kier molecular flexibility index (Phi) is 3.60. The lowest BCUT2D eigenvalue weighted by molar-refractivity contribution is 0.404. The molecule has 2 aliphatic heterocycles. The molecule has 5 heteroatoms. The summed E-state index contributed by atoms with van der Waals surface area (Å²) in [5.74, 6) is 0.445. The molecule has 1 saturated heterocycles. The van der Waals surface area contributed by atoms with Crippen LogP contribution in [0.5, 0.6) is 0 Å². The predicted octanol–water partition coefficient (Wildman–Crippen LogP) is 1.75. The molecule has 1 fully saturated rings. The van der Waals surface area contributed by atoms with E-state index in [0.717, 1.165) is 37.1 Å². The first-order chi connectivity index (χ1) is 9.50. The second-order valence-electron chi connectivity index (χ2n) is 6.09. The van der Waals surface area contributed by atoms with Crippen LogP contribution < -0.4 is 5.32 Å². The number of hydrogen-bond acceptors (Lipinski definition) is 3. The molecule has 20 heavy (non-hydrogen) atoms. The van der Waals surface area contributed by atoms with Gasteiger partial charge in [-0.25, -0.2) is 8.42 Å². The molecule has 0 bridgehead atoms. The molecule has 0 aromatic heterocycles. The second-order valence-corrected chi connectivity index (χ2v) is 7.94. The van der Waals surface area contributed by atoms with Crippen LogP contribution in [0.25, 0.3) is 0 Å². The zero-order chi connectivity index (χ0) is 14.3. The van der Waals surface area contributed by atoms with Gasteiger partial charge in [0.2, 0.25) is 10.0 Å². The molecule has 110 valence electrons. The molecule has 0 amide bonds. The first-order valence-electron chi connectivity index (χ1n) is 7.33. The van der Waals surface area contributed by atoms with Crippen molar-refractivity contribution in [3.8, 4) is 0 Å². The number of nitrogens with one attached hydrogen (secondary N) is 1. The Morgan fingerprint density at radius 2 is 2.10 bits per heavy atom. The summed E-state index contributed by atoms with van der Waals surface area (Å²) in [6.07, 6.45) is 1.75. The van der Waals surface area contributed by atoms with E-state index >= 15 is 0 Å². The third-order valence-electron chi connectivity index (χ3n) is 4.41. The third kappa shape index (κ3) is 2.28. The van der Waals surface area contributed by atoms with E-state index in [1.165, 1.54) is 0 Å². The normalized spacial score (nSPS) is 27.5. The van der Waals surface area contributed by atoms with Gasteiger partial charge in [0.25, 0.3) is 0 Å². The molecule has 4 nitrogen and oxygen atoms in total. The minimum absolute atomic E-state index is 0.104. The molecule has 1 aromatic rings. The molecule has 2 unspecified atom stereocenters. The molecular weight excluding hydrogens is 272 g/mol. The average Bonchev–Trinajstić information content (AvgIpc) is 2.78. The van der Waals surface area contributed by atoms with Crippen LogP contribution >= 0.6 is 0 Å². The van der Waals surface area contributed by atoms with Crippen LogP contribution in [0.3, 0.4) is 0 Å². The van der Waals surface area contributed by atoms with Gasteiger partial charge in [0, 0.05) is 19.1 Å². The summed E-state index contributed by atoms with van der Waals surface area (Å²) in [7, 11) is -3.36. The van der Waals surface area contributed by atoms with Gasteiger partial charge in [-0.15, -0.1) is 0 Å². The lowest BCUT2D eigenvalue weighted by Gasteiger charge is -2.25. The molecule has 3 rings (SSSR count). The van der Waals surface area contributed by atoms with Crippen molar-refractivity contribution in [2.75, 3.05) is 13.1 Å². The Labute approximate surface area is 121 Å². The van der Waals surface area contributed by atoms with Gasteiger partial charge in [-0.05, 0) is 49.4 Å². The molecular formula is C15H22N2O2S. The molecule has 2 heterocycles. The number of rotatable bonds is 2. The van der Waals surface area contributed by atoms with Gasteiger partial charge in [-0.3, -0.25) is 0 Å². The van der Waals surface area contributed by atoms with Crippen molar-refractivity contribution in [2.24, 2.45) is 5.92 Å². The Morgan fingerprint density at radius 3 is 2.80 bits per heavy atom. The molecule has 1 aromatic carbocycles. The first kappa shape index (κ1) is 14.0. The van der Waals surface area contributed by atoms with Gasteiger partial charge in [-0.2, -0.15) is 4.31 Å². The summed E-state index contributed by atoms with van der Waals surface area (Å²) < 4.78 is 27.6. The summed E-state index contributed by atoms with van der Waals surface area (Å²) in [5.41, 5.74) is 2.13. The zero-order valence-corrected chi connectivity index (χ0v) is 12.9. The SMILES string of the molecule is CC1CC(C)N(S(=O)(=O)c2cccc3c2CCNC3)C1. The lowest BCUT2D eigenvalue weighted by atomic mass is 10.0.